The van der Waals surface area contributed by atoms with Gasteiger partial charge in [0, 0.05) is 35.3 Å². The van der Waals surface area contributed by atoms with Crippen molar-refractivity contribution in [3.63, 3.8) is 0 Å². The van der Waals surface area contributed by atoms with Crippen molar-refractivity contribution >= 4 is 21.6 Å². The van der Waals surface area contributed by atoms with Gasteiger partial charge in [0.25, 0.3) is 0 Å². The number of hydrogen-bond acceptors (Lipinski definition) is 4. The first-order valence-corrected chi connectivity index (χ1v) is 7.70. The molecule has 0 spiro atoms. The Labute approximate surface area is 128 Å². The Balaban J connectivity index is 2.20. The van der Waals surface area contributed by atoms with Crippen LogP contribution in [0.5, 0.6) is 0 Å². The minimum Gasteiger partial charge on any atom is -0.389 e. The molecule has 1 aliphatic rings. The van der Waals surface area contributed by atoms with Gasteiger partial charge >= 0.3 is 0 Å². The van der Waals surface area contributed by atoms with Crippen molar-refractivity contribution in [2.24, 2.45) is 0 Å². The van der Waals surface area contributed by atoms with Crippen molar-refractivity contribution in [1.29, 1.82) is 0 Å². The highest BCUT2D eigenvalue weighted by atomic mass is 79.9. The Hall–Kier alpha value is -0.620. The summed E-state index contributed by atoms with van der Waals surface area (Å²) in [6.45, 7) is 8.10. The first kappa shape index (κ1) is 15.8. The second kappa shape index (κ2) is 6.02. The van der Waals surface area contributed by atoms with Crippen LogP contribution in [0.2, 0.25) is 0 Å². The summed E-state index contributed by atoms with van der Waals surface area (Å²) in [5.41, 5.74) is 2.28. The third-order valence-electron chi connectivity index (χ3n) is 3.46. The molecule has 1 aliphatic heterocycles. The van der Waals surface area contributed by atoms with Gasteiger partial charge in [0.1, 0.15) is 0 Å². The van der Waals surface area contributed by atoms with E-state index in [9.17, 15) is 10.2 Å². The molecule has 1 saturated heterocycles. The first-order valence-electron chi connectivity index (χ1n) is 6.91. The molecule has 20 heavy (non-hydrogen) atoms. The van der Waals surface area contributed by atoms with Gasteiger partial charge in [-0.15, -0.1) is 0 Å². The van der Waals surface area contributed by atoms with Gasteiger partial charge < -0.3 is 20.4 Å². The largest absolute Gasteiger partial charge is 0.389 e. The number of benzene rings is 1. The van der Waals surface area contributed by atoms with Crippen LogP contribution in [-0.2, 0) is 6.54 Å². The molecule has 2 unspecified atom stereocenters. The molecule has 5 heteroatoms. The summed E-state index contributed by atoms with van der Waals surface area (Å²) in [6, 6.07) is 6.14. The maximum atomic E-state index is 9.73. The van der Waals surface area contributed by atoms with Crippen LogP contribution in [0.4, 0.5) is 5.69 Å². The Morgan fingerprint density at radius 2 is 1.85 bits per heavy atom. The van der Waals surface area contributed by atoms with Crippen LogP contribution >= 0.6 is 15.9 Å². The predicted octanol–water partition coefficient (Wildman–Crippen LogP) is 1.88. The molecule has 1 fully saturated rings. The molecule has 0 aliphatic carbocycles. The number of aliphatic hydroxyl groups excluding tert-OH is 2. The summed E-state index contributed by atoms with van der Waals surface area (Å²) in [6.07, 6.45) is -1.34. The summed E-state index contributed by atoms with van der Waals surface area (Å²) in [4.78, 5) is 2.04. The van der Waals surface area contributed by atoms with E-state index in [4.69, 9.17) is 0 Å². The minimum absolute atomic E-state index is 0.0500. The lowest BCUT2D eigenvalue weighted by Crippen LogP contribution is -2.35. The quantitative estimate of drug-likeness (QED) is 0.785. The van der Waals surface area contributed by atoms with Crippen LogP contribution in [0.15, 0.2) is 22.7 Å². The number of rotatable bonds is 3. The van der Waals surface area contributed by atoms with Gasteiger partial charge in [-0.2, -0.15) is 0 Å². The number of hydrogen-bond donors (Lipinski definition) is 3. The van der Waals surface area contributed by atoms with Crippen LogP contribution in [-0.4, -0.2) is 41.0 Å². The lowest BCUT2D eigenvalue weighted by molar-refractivity contribution is 0.0572. The summed E-state index contributed by atoms with van der Waals surface area (Å²) in [5, 5.41) is 22.9. The molecule has 1 heterocycles. The van der Waals surface area contributed by atoms with E-state index < -0.39 is 12.2 Å². The van der Waals surface area contributed by atoms with Crippen molar-refractivity contribution in [3.8, 4) is 0 Å². The molecule has 0 aromatic heterocycles. The second-order valence-electron chi connectivity index (χ2n) is 6.42. The number of nitrogens with zero attached hydrogens (tertiary/aromatic N) is 1. The van der Waals surface area contributed by atoms with Crippen LogP contribution in [0, 0.1) is 0 Å². The molecule has 1 aromatic rings. The van der Waals surface area contributed by atoms with Crippen molar-refractivity contribution in [2.45, 2.75) is 45.1 Å². The molecule has 0 bridgehead atoms. The van der Waals surface area contributed by atoms with Crippen molar-refractivity contribution < 1.29 is 10.2 Å². The molecule has 3 N–H and O–H groups in total. The number of β-amino-alcohol motifs (C(OH)–C–C–N with tert-alkyl or cyclic N) is 2. The summed E-state index contributed by atoms with van der Waals surface area (Å²) in [5.74, 6) is 0. The normalized spacial score (nSPS) is 23.4. The highest BCUT2D eigenvalue weighted by Crippen LogP contribution is 2.28. The van der Waals surface area contributed by atoms with Gasteiger partial charge in [-0.3, -0.25) is 0 Å². The lowest BCUT2D eigenvalue weighted by atomic mass is 10.1. The maximum Gasteiger partial charge on any atom is 0.0990 e. The molecule has 0 amide bonds. The topological polar surface area (TPSA) is 55.7 Å². The highest BCUT2D eigenvalue weighted by molar-refractivity contribution is 9.10. The molecular formula is C15H23BrN2O2. The second-order valence-corrected chi connectivity index (χ2v) is 7.33. The Kier molecular flexibility index (Phi) is 4.74. The van der Waals surface area contributed by atoms with Crippen molar-refractivity contribution in [2.75, 3.05) is 18.0 Å². The Bertz CT molecular complexity index is 463. The summed E-state index contributed by atoms with van der Waals surface area (Å²) < 4.78 is 1.00. The number of anilines is 1. The summed E-state index contributed by atoms with van der Waals surface area (Å²) in [7, 11) is 0. The van der Waals surface area contributed by atoms with Gasteiger partial charge in [-0.1, -0.05) is 22.0 Å². The molecule has 0 radical (unpaired) electrons. The zero-order chi connectivity index (χ0) is 14.9. The molecular weight excluding hydrogens is 320 g/mol. The van der Waals surface area contributed by atoms with Crippen LogP contribution in [0.25, 0.3) is 0 Å². The van der Waals surface area contributed by atoms with E-state index >= 15 is 0 Å². The maximum absolute atomic E-state index is 9.73. The van der Waals surface area contributed by atoms with E-state index in [1.807, 2.05) is 17.0 Å². The molecule has 0 saturated carbocycles. The van der Waals surface area contributed by atoms with Gasteiger partial charge in [-0.25, -0.2) is 0 Å². The predicted molar refractivity (Wildman–Crippen MR) is 85.0 cm³/mol. The number of nitrogens with one attached hydrogen (secondary N) is 1. The molecule has 112 valence electrons. The third kappa shape index (κ3) is 3.95. The Morgan fingerprint density at radius 3 is 2.40 bits per heavy atom. The van der Waals surface area contributed by atoms with Gasteiger partial charge in [-0.05, 0) is 38.5 Å². The van der Waals surface area contributed by atoms with Gasteiger partial charge in [0.15, 0.2) is 0 Å². The fraction of sp³-hybridized carbons (Fsp3) is 0.600. The molecule has 2 rings (SSSR count). The van der Waals surface area contributed by atoms with Gasteiger partial charge in [0.2, 0.25) is 0 Å². The average Bonchev–Trinajstić information content (AvgIpc) is 2.67. The molecule has 1 aromatic carbocycles. The van der Waals surface area contributed by atoms with Gasteiger partial charge in [0.05, 0.1) is 12.2 Å². The van der Waals surface area contributed by atoms with E-state index in [1.165, 1.54) is 5.56 Å². The van der Waals surface area contributed by atoms with E-state index in [0.29, 0.717) is 13.1 Å². The van der Waals surface area contributed by atoms with E-state index in [1.54, 1.807) is 0 Å². The third-order valence-corrected chi connectivity index (χ3v) is 3.95. The van der Waals surface area contributed by atoms with Crippen LogP contribution < -0.4 is 10.2 Å². The fourth-order valence-electron chi connectivity index (χ4n) is 2.31. The molecule has 2 atom stereocenters. The van der Waals surface area contributed by atoms with Crippen molar-refractivity contribution in [1.82, 2.24) is 5.32 Å². The standard InChI is InChI=1S/C15H23BrN2O2/c1-15(2,3)17-7-10-4-5-11(16)6-12(10)18-8-13(19)14(20)9-18/h4-6,13-14,17,19-20H,7-9H2,1-3H3. The summed E-state index contributed by atoms with van der Waals surface area (Å²) >= 11 is 3.49. The SMILES string of the molecule is CC(C)(C)NCc1ccc(Br)cc1N1CC(O)C(O)C1. The fourth-order valence-corrected chi connectivity index (χ4v) is 2.66. The minimum atomic E-state index is -0.669. The first-order chi connectivity index (χ1) is 9.26. The van der Waals surface area contributed by atoms with Crippen molar-refractivity contribution in [3.05, 3.63) is 28.2 Å². The number of aliphatic hydroxyl groups is 2. The average molecular weight is 343 g/mol. The lowest BCUT2D eigenvalue weighted by Gasteiger charge is -2.25. The smallest absolute Gasteiger partial charge is 0.0990 e. The van der Waals surface area contributed by atoms with E-state index in [-0.39, 0.29) is 5.54 Å². The van der Waals surface area contributed by atoms with E-state index in [2.05, 4.69) is 48.1 Å². The highest BCUT2D eigenvalue weighted by Gasteiger charge is 2.30. The van der Waals surface area contributed by atoms with Crippen LogP contribution in [0.3, 0.4) is 0 Å². The van der Waals surface area contributed by atoms with E-state index in [0.717, 1.165) is 16.7 Å². The number of halogens is 1. The zero-order valence-electron chi connectivity index (χ0n) is 12.2. The zero-order valence-corrected chi connectivity index (χ0v) is 13.8. The molecule has 4 nitrogen and oxygen atoms in total. The van der Waals surface area contributed by atoms with Crippen LogP contribution in [0.1, 0.15) is 26.3 Å². The monoisotopic (exact) mass is 342 g/mol. The Morgan fingerprint density at radius 1 is 1.25 bits per heavy atom.